The third-order valence-electron chi connectivity index (χ3n) is 7.10. The highest BCUT2D eigenvalue weighted by Gasteiger charge is 2.41. The maximum absolute atomic E-state index is 14.5. The molecule has 0 heterocycles. The molecule has 2 aliphatic rings. The predicted octanol–water partition coefficient (Wildman–Crippen LogP) is 7.49. The van der Waals surface area contributed by atoms with Crippen molar-refractivity contribution in [2.75, 3.05) is 6.61 Å². The summed E-state index contributed by atoms with van der Waals surface area (Å²) in [4.78, 5) is 0. The molecule has 0 aromatic heterocycles. The van der Waals surface area contributed by atoms with Crippen molar-refractivity contribution >= 4 is 0 Å². The van der Waals surface area contributed by atoms with E-state index in [4.69, 9.17) is 4.74 Å². The Kier molecular flexibility index (Phi) is 6.93. The lowest BCUT2D eigenvalue weighted by Gasteiger charge is -2.39. The van der Waals surface area contributed by atoms with Gasteiger partial charge in [0.2, 0.25) is 5.82 Å². The van der Waals surface area contributed by atoms with Crippen LogP contribution in [-0.2, 0) is 0 Å². The number of ether oxygens (including phenoxy) is 1. The van der Waals surface area contributed by atoms with E-state index in [1.54, 1.807) is 19.9 Å². The van der Waals surface area contributed by atoms with E-state index < -0.39 is 23.5 Å². The number of hydrogen-bond acceptors (Lipinski definition) is 1. The number of alkyl halides is 2. The highest BCUT2D eigenvalue weighted by atomic mass is 19.3. The number of rotatable bonds is 6. The van der Waals surface area contributed by atoms with Crippen LogP contribution in [0.15, 0.2) is 12.1 Å². The minimum absolute atomic E-state index is 0.0296. The number of hydrogen-bond donors (Lipinski definition) is 0. The van der Waals surface area contributed by atoms with Crippen molar-refractivity contribution in [3.63, 3.8) is 0 Å². The number of halogens is 4. The lowest BCUT2D eigenvalue weighted by molar-refractivity contribution is -0.0808. The molecule has 2 saturated carbocycles. The van der Waals surface area contributed by atoms with E-state index in [-0.39, 0.29) is 18.1 Å². The highest BCUT2D eigenvalue weighted by Crippen LogP contribution is 2.47. The summed E-state index contributed by atoms with van der Waals surface area (Å²) in [5.41, 5.74) is 0.450. The third-order valence-corrected chi connectivity index (χ3v) is 7.10. The standard InChI is InChI=1S/C23H32F4O/c1-3-23(26,27)18-11-9-16(10-12-18)15-5-7-17(8-6-15)19-13-14-20(28-4-2)22(25)21(19)24/h13-18H,3-12H2,1-2H3. The van der Waals surface area contributed by atoms with Gasteiger partial charge in [0.1, 0.15) is 0 Å². The van der Waals surface area contributed by atoms with E-state index in [9.17, 15) is 17.6 Å². The van der Waals surface area contributed by atoms with Gasteiger partial charge in [0.15, 0.2) is 11.6 Å². The molecule has 0 unspecified atom stereocenters. The second-order valence-electron chi connectivity index (χ2n) is 8.55. The zero-order chi connectivity index (χ0) is 20.3. The lowest BCUT2D eigenvalue weighted by atomic mass is 9.67. The topological polar surface area (TPSA) is 9.23 Å². The molecule has 0 atom stereocenters. The Balaban J connectivity index is 1.55. The predicted molar refractivity (Wildman–Crippen MR) is 103 cm³/mol. The molecule has 3 rings (SSSR count). The highest BCUT2D eigenvalue weighted by molar-refractivity contribution is 5.33. The van der Waals surface area contributed by atoms with Crippen LogP contribution in [0.2, 0.25) is 0 Å². The first-order valence-electron chi connectivity index (χ1n) is 10.9. The van der Waals surface area contributed by atoms with Crippen LogP contribution >= 0.6 is 0 Å². The van der Waals surface area contributed by atoms with Crippen molar-refractivity contribution in [3.8, 4) is 5.75 Å². The fraction of sp³-hybridized carbons (Fsp3) is 0.739. The molecule has 0 aliphatic heterocycles. The summed E-state index contributed by atoms with van der Waals surface area (Å²) in [6.07, 6.45) is 6.52. The van der Waals surface area contributed by atoms with Gasteiger partial charge in [-0.05, 0) is 87.7 Å². The molecule has 2 fully saturated rings. The summed E-state index contributed by atoms with van der Waals surface area (Å²) in [6, 6.07) is 3.19. The van der Waals surface area contributed by atoms with E-state index >= 15 is 0 Å². The molecule has 5 heteroatoms. The Morgan fingerprint density at radius 3 is 1.96 bits per heavy atom. The first-order chi connectivity index (χ1) is 13.4. The van der Waals surface area contributed by atoms with Crippen LogP contribution in [-0.4, -0.2) is 12.5 Å². The van der Waals surface area contributed by atoms with Crippen LogP contribution in [0.4, 0.5) is 17.6 Å². The largest absolute Gasteiger partial charge is 0.491 e. The first kappa shape index (κ1) is 21.4. The molecule has 158 valence electrons. The molecular formula is C23H32F4O. The van der Waals surface area contributed by atoms with Gasteiger partial charge < -0.3 is 4.74 Å². The van der Waals surface area contributed by atoms with Crippen molar-refractivity contribution in [1.82, 2.24) is 0 Å². The second-order valence-corrected chi connectivity index (χ2v) is 8.55. The summed E-state index contributed by atoms with van der Waals surface area (Å²) in [5, 5.41) is 0. The van der Waals surface area contributed by atoms with Crippen LogP contribution in [0.3, 0.4) is 0 Å². The quantitative estimate of drug-likeness (QED) is 0.450. The molecule has 1 nitrogen and oxygen atoms in total. The molecule has 0 saturated heterocycles. The minimum Gasteiger partial charge on any atom is -0.491 e. The van der Waals surface area contributed by atoms with Gasteiger partial charge in [-0.15, -0.1) is 0 Å². The van der Waals surface area contributed by atoms with Gasteiger partial charge in [-0.25, -0.2) is 13.2 Å². The van der Waals surface area contributed by atoms with Gasteiger partial charge in [-0.2, -0.15) is 4.39 Å². The third kappa shape index (κ3) is 4.49. The van der Waals surface area contributed by atoms with Gasteiger partial charge in [-0.1, -0.05) is 13.0 Å². The SMILES string of the molecule is CCOc1ccc(C2CCC(C3CCC(C(F)(F)CC)CC3)CC2)c(F)c1F. The summed E-state index contributed by atoms with van der Waals surface area (Å²) in [6.45, 7) is 3.60. The van der Waals surface area contributed by atoms with Crippen molar-refractivity contribution < 1.29 is 22.3 Å². The van der Waals surface area contributed by atoms with Gasteiger partial charge in [0, 0.05) is 12.3 Å². The summed E-state index contributed by atoms with van der Waals surface area (Å²) in [7, 11) is 0. The zero-order valence-electron chi connectivity index (χ0n) is 17.0. The van der Waals surface area contributed by atoms with E-state index in [0.29, 0.717) is 36.8 Å². The van der Waals surface area contributed by atoms with Gasteiger partial charge in [0.25, 0.3) is 5.92 Å². The Bertz CT molecular complexity index is 644. The van der Waals surface area contributed by atoms with Crippen molar-refractivity contribution in [1.29, 1.82) is 0 Å². The van der Waals surface area contributed by atoms with Gasteiger partial charge >= 0.3 is 0 Å². The zero-order valence-corrected chi connectivity index (χ0v) is 17.0. The number of benzene rings is 1. The van der Waals surface area contributed by atoms with Gasteiger partial charge in [-0.3, -0.25) is 0 Å². The van der Waals surface area contributed by atoms with Crippen LogP contribution in [0.5, 0.6) is 5.75 Å². The Hall–Kier alpha value is -1.26. The van der Waals surface area contributed by atoms with Crippen LogP contribution in [0, 0.1) is 29.4 Å². The van der Waals surface area contributed by atoms with E-state index in [1.807, 2.05) is 0 Å². The molecule has 1 aromatic rings. The van der Waals surface area contributed by atoms with E-state index in [1.165, 1.54) is 6.07 Å². The Labute approximate surface area is 165 Å². The normalized spacial score (nSPS) is 28.9. The van der Waals surface area contributed by atoms with E-state index in [2.05, 4.69) is 0 Å². The lowest BCUT2D eigenvalue weighted by Crippen LogP contribution is -2.33. The Morgan fingerprint density at radius 2 is 1.43 bits per heavy atom. The monoisotopic (exact) mass is 400 g/mol. The molecule has 28 heavy (non-hydrogen) atoms. The molecule has 0 radical (unpaired) electrons. The molecule has 0 spiro atoms. The van der Waals surface area contributed by atoms with Crippen LogP contribution in [0.1, 0.15) is 83.1 Å². The fourth-order valence-corrected chi connectivity index (χ4v) is 5.33. The molecule has 2 aliphatic carbocycles. The van der Waals surface area contributed by atoms with Crippen molar-refractivity contribution in [2.45, 2.75) is 83.5 Å². The minimum atomic E-state index is -2.53. The molecular weight excluding hydrogens is 368 g/mol. The summed E-state index contributed by atoms with van der Waals surface area (Å²) < 4.78 is 61.6. The summed E-state index contributed by atoms with van der Waals surface area (Å²) >= 11 is 0. The average Bonchev–Trinajstić information content (AvgIpc) is 2.72. The van der Waals surface area contributed by atoms with Crippen LogP contribution in [0.25, 0.3) is 0 Å². The molecule has 0 N–H and O–H groups in total. The Morgan fingerprint density at radius 1 is 0.857 bits per heavy atom. The van der Waals surface area contributed by atoms with Crippen LogP contribution < -0.4 is 4.74 Å². The maximum atomic E-state index is 14.5. The molecule has 0 bridgehead atoms. The molecule has 0 amide bonds. The van der Waals surface area contributed by atoms with Gasteiger partial charge in [0.05, 0.1) is 6.61 Å². The average molecular weight is 401 g/mol. The maximum Gasteiger partial charge on any atom is 0.250 e. The fourth-order valence-electron chi connectivity index (χ4n) is 5.33. The second kappa shape index (κ2) is 9.04. The van der Waals surface area contributed by atoms with Crippen molar-refractivity contribution in [3.05, 3.63) is 29.3 Å². The smallest absolute Gasteiger partial charge is 0.250 e. The first-order valence-corrected chi connectivity index (χ1v) is 10.9. The van der Waals surface area contributed by atoms with E-state index in [0.717, 1.165) is 38.5 Å². The summed E-state index contributed by atoms with van der Waals surface area (Å²) in [5.74, 6) is -3.63. The molecule has 1 aromatic carbocycles. The van der Waals surface area contributed by atoms with Crippen molar-refractivity contribution in [2.24, 2.45) is 17.8 Å².